The molecule has 1 heterocycles. The molecule has 0 unspecified atom stereocenters. The number of nitrogens with zero attached hydrogens (tertiary/aromatic N) is 1. The maximum Gasteiger partial charge on any atom is 0.319 e. The Morgan fingerprint density at radius 1 is 1.07 bits per heavy atom. The van der Waals surface area contributed by atoms with Crippen molar-refractivity contribution in [2.45, 2.75) is 32.7 Å². The molecular weight excluding hydrogens is 352 g/mol. The second-order valence-corrected chi connectivity index (χ2v) is 7.08. The third-order valence-corrected chi connectivity index (χ3v) is 5.03. The molecule has 0 spiro atoms. The quantitative estimate of drug-likeness (QED) is 0.743. The summed E-state index contributed by atoms with van der Waals surface area (Å²) in [6.45, 7) is 6.21. The summed E-state index contributed by atoms with van der Waals surface area (Å²) in [5.74, 6) is -0.105. The van der Waals surface area contributed by atoms with Crippen LogP contribution in [0.25, 0.3) is 0 Å². The molecule has 1 aliphatic rings. The molecule has 3 rings (SSSR count). The van der Waals surface area contributed by atoms with Crippen molar-refractivity contribution < 1.29 is 9.59 Å². The van der Waals surface area contributed by atoms with Crippen LogP contribution in [-0.2, 0) is 0 Å². The fourth-order valence-electron chi connectivity index (χ4n) is 3.47. The van der Waals surface area contributed by atoms with Crippen LogP contribution in [0.2, 0.25) is 0 Å². The van der Waals surface area contributed by atoms with Gasteiger partial charge in [0.25, 0.3) is 5.91 Å². The number of nitrogens with one attached hydrogen (secondary N) is 3. The summed E-state index contributed by atoms with van der Waals surface area (Å²) in [5.41, 5.74) is 3.40. The molecule has 0 saturated carbocycles. The van der Waals surface area contributed by atoms with Crippen molar-refractivity contribution >= 4 is 23.3 Å². The molecular formula is C22H28N4O2. The average Bonchev–Trinajstić information content (AvgIpc) is 2.71. The van der Waals surface area contributed by atoms with Gasteiger partial charge in [-0.1, -0.05) is 18.2 Å². The molecule has 148 valence electrons. The lowest BCUT2D eigenvalue weighted by atomic mass is 10.0. The van der Waals surface area contributed by atoms with Gasteiger partial charge in [-0.05, 0) is 62.6 Å². The van der Waals surface area contributed by atoms with Gasteiger partial charge in [0.1, 0.15) is 0 Å². The van der Waals surface area contributed by atoms with E-state index in [2.05, 4.69) is 33.0 Å². The van der Waals surface area contributed by atoms with Crippen LogP contribution in [0, 0.1) is 6.92 Å². The second kappa shape index (κ2) is 9.26. The van der Waals surface area contributed by atoms with Crippen LogP contribution in [0.3, 0.4) is 0 Å². The molecule has 2 aromatic rings. The number of benzene rings is 2. The molecule has 1 aliphatic heterocycles. The molecule has 28 heavy (non-hydrogen) atoms. The first kappa shape index (κ1) is 19.7. The number of urea groups is 1. The molecule has 0 aliphatic carbocycles. The number of anilines is 2. The predicted molar refractivity (Wildman–Crippen MR) is 113 cm³/mol. The minimum atomic E-state index is -0.202. The van der Waals surface area contributed by atoms with Crippen molar-refractivity contribution in [2.24, 2.45) is 0 Å². The van der Waals surface area contributed by atoms with Gasteiger partial charge in [-0.25, -0.2) is 4.79 Å². The smallest absolute Gasteiger partial charge is 0.319 e. The number of amides is 3. The first-order valence-electron chi connectivity index (χ1n) is 9.83. The van der Waals surface area contributed by atoms with Gasteiger partial charge in [-0.15, -0.1) is 0 Å². The molecule has 0 bridgehead atoms. The molecule has 6 heteroatoms. The lowest BCUT2D eigenvalue weighted by molar-refractivity contribution is 0.0955. The Labute approximate surface area is 166 Å². The Bertz CT molecular complexity index is 815. The van der Waals surface area contributed by atoms with Gasteiger partial charge in [0, 0.05) is 42.6 Å². The largest absolute Gasteiger partial charge is 0.371 e. The highest BCUT2D eigenvalue weighted by Crippen LogP contribution is 2.20. The Hall–Kier alpha value is -3.02. The summed E-state index contributed by atoms with van der Waals surface area (Å²) in [4.78, 5) is 26.6. The molecule has 0 atom stereocenters. The Balaban J connectivity index is 1.50. The van der Waals surface area contributed by atoms with Gasteiger partial charge in [-0.3, -0.25) is 4.79 Å². The van der Waals surface area contributed by atoms with Crippen LogP contribution >= 0.6 is 0 Å². The number of piperidine rings is 1. The molecule has 1 fully saturated rings. The summed E-state index contributed by atoms with van der Waals surface area (Å²) >= 11 is 0. The SMILES string of the molecule is CCNC(=O)c1ccc(NC(=O)NC2CCN(c3ccccc3)CC2)c(C)c1. The number of aryl methyl sites for hydroxylation is 1. The Morgan fingerprint density at radius 2 is 1.79 bits per heavy atom. The van der Waals surface area contributed by atoms with Gasteiger partial charge in [-0.2, -0.15) is 0 Å². The second-order valence-electron chi connectivity index (χ2n) is 7.08. The average molecular weight is 380 g/mol. The monoisotopic (exact) mass is 380 g/mol. The molecule has 6 nitrogen and oxygen atoms in total. The zero-order valence-electron chi connectivity index (χ0n) is 16.5. The fourth-order valence-corrected chi connectivity index (χ4v) is 3.47. The maximum absolute atomic E-state index is 12.4. The van der Waals surface area contributed by atoms with Gasteiger partial charge >= 0.3 is 6.03 Å². The predicted octanol–water partition coefficient (Wildman–Crippen LogP) is 3.54. The van der Waals surface area contributed by atoms with E-state index < -0.39 is 0 Å². The van der Waals surface area contributed by atoms with E-state index in [4.69, 9.17) is 0 Å². The van der Waals surface area contributed by atoms with Crippen molar-refractivity contribution in [2.75, 3.05) is 29.9 Å². The first-order chi connectivity index (χ1) is 13.6. The van der Waals surface area contributed by atoms with Crippen molar-refractivity contribution in [1.29, 1.82) is 0 Å². The molecule has 0 radical (unpaired) electrons. The third-order valence-electron chi connectivity index (χ3n) is 5.03. The Morgan fingerprint density at radius 3 is 2.43 bits per heavy atom. The third kappa shape index (κ3) is 5.03. The summed E-state index contributed by atoms with van der Waals surface area (Å²) in [5, 5.41) is 8.75. The summed E-state index contributed by atoms with van der Waals surface area (Å²) in [6.07, 6.45) is 1.83. The molecule has 3 amide bonds. The summed E-state index contributed by atoms with van der Waals surface area (Å²) in [7, 11) is 0. The normalized spacial score (nSPS) is 14.4. The van der Waals surface area contributed by atoms with Gasteiger partial charge < -0.3 is 20.9 Å². The van der Waals surface area contributed by atoms with E-state index in [1.807, 2.05) is 32.0 Å². The summed E-state index contributed by atoms with van der Waals surface area (Å²) in [6, 6.07) is 15.6. The summed E-state index contributed by atoms with van der Waals surface area (Å²) < 4.78 is 0. The van der Waals surface area contributed by atoms with Crippen LogP contribution in [0.15, 0.2) is 48.5 Å². The number of carbonyl (C=O) groups is 2. The minimum Gasteiger partial charge on any atom is -0.371 e. The van der Waals surface area contributed by atoms with Crippen LogP contribution in [0.5, 0.6) is 0 Å². The van der Waals surface area contributed by atoms with E-state index in [1.165, 1.54) is 5.69 Å². The maximum atomic E-state index is 12.4. The van der Waals surface area contributed by atoms with Crippen molar-refractivity contribution in [3.8, 4) is 0 Å². The highest BCUT2D eigenvalue weighted by Gasteiger charge is 2.21. The molecule has 2 aromatic carbocycles. The number of hydrogen-bond donors (Lipinski definition) is 3. The van der Waals surface area contributed by atoms with Crippen molar-refractivity contribution in [1.82, 2.24) is 10.6 Å². The fraction of sp³-hybridized carbons (Fsp3) is 0.364. The van der Waals surface area contributed by atoms with E-state index in [9.17, 15) is 9.59 Å². The number of hydrogen-bond acceptors (Lipinski definition) is 3. The van der Waals surface area contributed by atoms with E-state index in [-0.39, 0.29) is 18.0 Å². The number of para-hydroxylation sites is 1. The van der Waals surface area contributed by atoms with Crippen LogP contribution < -0.4 is 20.9 Å². The van der Waals surface area contributed by atoms with Gasteiger partial charge in [0.15, 0.2) is 0 Å². The first-order valence-corrected chi connectivity index (χ1v) is 9.83. The van der Waals surface area contributed by atoms with Gasteiger partial charge in [0.05, 0.1) is 0 Å². The number of carbonyl (C=O) groups excluding carboxylic acids is 2. The van der Waals surface area contributed by atoms with Crippen molar-refractivity contribution in [3.63, 3.8) is 0 Å². The van der Waals surface area contributed by atoms with Crippen LogP contribution in [0.4, 0.5) is 16.2 Å². The zero-order valence-corrected chi connectivity index (χ0v) is 16.5. The van der Waals surface area contributed by atoms with Gasteiger partial charge in [0.2, 0.25) is 0 Å². The van der Waals surface area contributed by atoms with Crippen LogP contribution in [-0.4, -0.2) is 37.6 Å². The standard InChI is InChI=1S/C22H28N4O2/c1-3-23-21(27)17-9-10-20(16(2)15-17)25-22(28)24-18-11-13-26(14-12-18)19-7-5-4-6-8-19/h4-10,15,18H,3,11-14H2,1-2H3,(H,23,27)(H2,24,25,28). The molecule has 3 N–H and O–H groups in total. The minimum absolute atomic E-state index is 0.105. The molecule has 1 saturated heterocycles. The van der Waals surface area contributed by atoms with E-state index in [0.29, 0.717) is 17.8 Å². The van der Waals surface area contributed by atoms with E-state index in [1.54, 1.807) is 18.2 Å². The van der Waals surface area contributed by atoms with E-state index in [0.717, 1.165) is 31.5 Å². The van der Waals surface area contributed by atoms with Crippen LogP contribution in [0.1, 0.15) is 35.7 Å². The van der Waals surface area contributed by atoms with Crippen molar-refractivity contribution in [3.05, 3.63) is 59.7 Å². The lowest BCUT2D eigenvalue weighted by Crippen LogP contribution is -2.46. The zero-order chi connectivity index (χ0) is 19.9. The number of rotatable bonds is 5. The highest BCUT2D eigenvalue weighted by molar-refractivity contribution is 5.96. The highest BCUT2D eigenvalue weighted by atomic mass is 16.2. The Kier molecular flexibility index (Phi) is 6.53. The lowest BCUT2D eigenvalue weighted by Gasteiger charge is -2.34. The molecule has 0 aromatic heterocycles. The van der Waals surface area contributed by atoms with E-state index >= 15 is 0 Å². The topological polar surface area (TPSA) is 73.5 Å².